The molecule has 3 rings (SSSR count). The second kappa shape index (κ2) is 10.8. The van der Waals surface area contributed by atoms with E-state index in [1.165, 1.54) is 12.8 Å². The summed E-state index contributed by atoms with van der Waals surface area (Å²) in [7, 11) is -3.74. The summed E-state index contributed by atoms with van der Waals surface area (Å²) in [5.74, 6) is 0.772. The number of hydrazine groups is 1. The Kier molecular flexibility index (Phi) is 7.88. The van der Waals surface area contributed by atoms with E-state index in [1.54, 1.807) is 35.3 Å². The van der Waals surface area contributed by atoms with Crippen LogP contribution in [-0.4, -0.2) is 15.0 Å². The van der Waals surface area contributed by atoms with Gasteiger partial charge in [0.15, 0.2) is 0 Å². The summed E-state index contributed by atoms with van der Waals surface area (Å²) in [5.41, 5.74) is 1.41. The van der Waals surface area contributed by atoms with Crippen molar-refractivity contribution in [3.63, 3.8) is 0 Å². The molecule has 0 aliphatic heterocycles. The average Bonchev–Trinajstić information content (AvgIpc) is 2.79. The summed E-state index contributed by atoms with van der Waals surface area (Å²) in [5, 5.41) is 1.56. The number of hydrogen-bond donors (Lipinski definition) is 1. The number of rotatable bonds is 11. The molecular weight excluding hydrogens is 396 g/mol. The van der Waals surface area contributed by atoms with Crippen LogP contribution in [0.4, 0.5) is 11.4 Å². The average molecular weight is 425 g/mol. The third kappa shape index (κ3) is 6.08. The molecule has 0 aromatic heterocycles. The number of benzene rings is 3. The predicted molar refractivity (Wildman–Crippen MR) is 121 cm³/mol. The molecule has 0 heterocycles. The minimum Gasteiger partial charge on any atom is -0.494 e. The van der Waals surface area contributed by atoms with Crippen LogP contribution < -0.4 is 14.6 Å². The van der Waals surface area contributed by atoms with E-state index in [0.29, 0.717) is 18.0 Å². The molecule has 0 bridgehead atoms. The first-order valence-electron chi connectivity index (χ1n) is 10.3. The Balaban J connectivity index is 1.78. The molecule has 3 aromatic carbocycles. The molecule has 0 aliphatic rings. The highest BCUT2D eigenvalue weighted by molar-refractivity contribution is 7.89. The third-order valence-electron chi connectivity index (χ3n) is 4.64. The lowest BCUT2D eigenvalue weighted by Crippen LogP contribution is -2.38. The van der Waals surface area contributed by atoms with Crippen molar-refractivity contribution in [3.05, 3.63) is 84.9 Å². The summed E-state index contributed by atoms with van der Waals surface area (Å²) in [4.78, 5) is 2.90. The van der Waals surface area contributed by atoms with Gasteiger partial charge in [0, 0.05) is 0 Å². The lowest BCUT2D eigenvalue weighted by atomic mass is 10.2. The summed E-state index contributed by atoms with van der Waals surface area (Å²) >= 11 is 0. The first-order valence-corrected chi connectivity index (χ1v) is 11.7. The van der Waals surface area contributed by atoms with E-state index in [-0.39, 0.29) is 4.90 Å². The van der Waals surface area contributed by atoms with Crippen LogP contribution in [-0.2, 0) is 10.0 Å². The van der Waals surface area contributed by atoms with Gasteiger partial charge in [0.25, 0.3) is 10.0 Å². The van der Waals surface area contributed by atoms with Gasteiger partial charge in [0.05, 0.1) is 22.9 Å². The molecule has 0 saturated heterocycles. The van der Waals surface area contributed by atoms with Gasteiger partial charge < -0.3 is 4.74 Å². The molecule has 6 heteroatoms. The van der Waals surface area contributed by atoms with Crippen LogP contribution in [0.1, 0.15) is 32.6 Å². The van der Waals surface area contributed by atoms with Crippen molar-refractivity contribution in [1.29, 1.82) is 0 Å². The monoisotopic (exact) mass is 424 g/mol. The first-order chi connectivity index (χ1) is 14.6. The van der Waals surface area contributed by atoms with Gasteiger partial charge in [0.1, 0.15) is 5.75 Å². The topological polar surface area (TPSA) is 58.6 Å². The lowest BCUT2D eigenvalue weighted by Gasteiger charge is -2.25. The largest absolute Gasteiger partial charge is 0.494 e. The van der Waals surface area contributed by atoms with E-state index >= 15 is 0 Å². The zero-order valence-corrected chi connectivity index (χ0v) is 18.0. The quantitative estimate of drug-likeness (QED) is 0.318. The Bertz CT molecular complexity index is 992. The molecule has 0 saturated carbocycles. The second-order valence-electron chi connectivity index (χ2n) is 6.98. The van der Waals surface area contributed by atoms with Crippen LogP contribution in [0, 0.1) is 0 Å². The van der Waals surface area contributed by atoms with Gasteiger partial charge in [-0.05, 0) is 55.0 Å². The Morgan fingerprint density at radius 3 is 2.00 bits per heavy atom. The standard InChI is InChI=1S/C24H28N2O3S/c1-2-3-4-11-20-29-23-18-16-22(17-19-23)26(21-12-7-5-8-13-21)25-30(27,28)24-14-9-6-10-15-24/h5-10,12-19,25H,2-4,11,20H2,1H3. The molecule has 3 aromatic rings. The first kappa shape index (κ1) is 21.9. The fourth-order valence-electron chi connectivity index (χ4n) is 3.01. The zero-order chi connectivity index (χ0) is 21.2. The number of nitrogens with one attached hydrogen (secondary N) is 1. The van der Waals surface area contributed by atoms with Crippen LogP contribution in [0.3, 0.4) is 0 Å². The van der Waals surface area contributed by atoms with Gasteiger partial charge in [-0.3, -0.25) is 5.01 Å². The molecule has 0 unspecified atom stereocenters. The minimum absolute atomic E-state index is 0.206. The summed E-state index contributed by atoms with van der Waals surface area (Å²) in [6, 6.07) is 25.1. The number of sulfonamides is 1. The molecule has 0 spiro atoms. The third-order valence-corrected chi connectivity index (χ3v) is 5.96. The molecule has 0 atom stereocenters. The Morgan fingerprint density at radius 2 is 1.37 bits per heavy atom. The van der Waals surface area contributed by atoms with Crippen molar-refractivity contribution in [2.45, 2.75) is 37.5 Å². The minimum atomic E-state index is -3.74. The molecule has 5 nitrogen and oxygen atoms in total. The molecule has 0 aliphatic carbocycles. The Labute approximate surface area is 179 Å². The molecule has 0 amide bonds. The van der Waals surface area contributed by atoms with E-state index in [2.05, 4.69) is 11.8 Å². The van der Waals surface area contributed by atoms with Crippen molar-refractivity contribution in [2.75, 3.05) is 11.6 Å². The van der Waals surface area contributed by atoms with Crippen molar-refractivity contribution >= 4 is 21.4 Å². The zero-order valence-electron chi connectivity index (χ0n) is 17.2. The predicted octanol–water partition coefficient (Wildman–Crippen LogP) is 5.68. The van der Waals surface area contributed by atoms with Gasteiger partial charge in [-0.1, -0.05) is 62.6 Å². The van der Waals surface area contributed by atoms with Gasteiger partial charge in [-0.25, -0.2) is 8.42 Å². The van der Waals surface area contributed by atoms with E-state index in [9.17, 15) is 8.42 Å². The fraction of sp³-hybridized carbons (Fsp3) is 0.250. The van der Waals surface area contributed by atoms with Gasteiger partial charge in [-0.15, -0.1) is 4.83 Å². The van der Waals surface area contributed by atoms with E-state index in [0.717, 1.165) is 18.6 Å². The molecule has 0 radical (unpaired) electrons. The highest BCUT2D eigenvalue weighted by Crippen LogP contribution is 2.26. The van der Waals surface area contributed by atoms with Crippen LogP contribution in [0.5, 0.6) is 5.75 Å². The smallest absolute Gasteiger partial charge is 0.257 e. The normalized spacial score (nSPS) is 11.2. The van der Waals surface area contributed by atoms with Gasteiger partial charge in [-0.2, -0.15) is 0 Å². The maximum atomic E-state index is 12.9. The lowest BCUT2D eigenvalue weighted by molar-refractivity contribution is 0.305. The van der Waals surface area contributed by atoms with Crippen LogP contribution in [0.2, 0.25) is 0 Å². The molecule has 0 fully saturated rings. The van der Waals surface area contributed by atoms with Crippen molar-refractivity contribution in [1.82, 2.24) is 4.83 Å². The second-order valence-corrected chi connectivity index (χ2v) is 8.64. The van der Waals surface area contributed by atoms with Crippen LogP contribution in [0.25, 0.3) is 0 Å². The number of anilines is 2. The van der Waals surface area contributed by atoms with Crippen molar-refractivity contribution in [2.24, 2.45) is 0 Å². The summed E-state index contributed by atoms with van der Waals surface area (Å²) < 4.78 is 31.6. The van der Waals surface area contributed by atoms with Crippen LogP contribution >= 0.6 is 0 Å². The van der Waals surface area contributed by atoms with Crippen LogP contribution in [0.15, 0.2) is 89.8 Å². The number of nitrogens with zero attached hydrogens (tertiary/aromatic N) is 1. The van der Waals surface area contributed by atoms with E-state index < -0.39 is 10.0 Å². The SMILES string of the molecule is CCCCCCOc1ccc(N(NS(=O)(=O)c2ccccc2)c2ccccc2)cc1. The summed E-state index contributed by atoms with van der Waals surface area (Å²) in [6.45, 7) is 2.87. The van der Waals surface area contributed by atoms with Gasteiger partial charge >= 0.3 is 0 Å². The molecule has 158 valence electrons. The molecule has 30 heavy (non-hydrogen) atoms. The highest BCUT2D eigenvalue weighted by atomic mass is 32.2. The number of hydrogen-bond acceptors (Lipinski definition) is 4. The van der Waals surface area contributed by atoms with E-state index in [4.69, 9.17) is 4.74 Å². The Morgan fingerprint density at radius 1 is 0.767 bits per heavy atom. The maximum absolute atomic E-state index is 12.9. The highest BCUT2D eigenvalue weighted by Gasteiger charge is 2.20. The number of ether oxygens (including phenoxy) is 1. The number of unbranched alkanes of at least 4 members (excludes halogenated alkanes) is 3. The number of para-hydroxylation sites is 1. The van der Waals surface area contributed by atoms with E-state index in [1.807, 2.05) is 54.6 Å². The molecular formula is C24H28N2O3S. The Hall–Kier alpha value is -2.83. The molecule has 1 N–H and O–H groups in total. The van der Waals surface area contributed by atoms with Crippen molar-refractivity contribution in [3.8, 4) is 5.75 Å². The van der Waals surface area contributed by atoms with Crippen molar-refractivity contribution < 1.29 is 13.2 Å². The summed E-state index contributed by atoms with van der Waals surface area (Å²) in [6.07, 6.45) is 4.61. The fourth-order valence-corrected chi connectivity index (χ4v) is 4.09. The maximum Gasteiger partial charge on any atom is 0.257 e. The van der Waals surface area contributed by atoms with Gasteiger partial charge in [0.2, 0.25) is 0 Å².